The monoisotopic (exact) mass is 532 g/mol. The van der Waals surface area contributed by atoms with E-state index in [0.29, 0.717) is 24.2 Å². The summed E-state index contributed by atoms with van der Waals surface area (Å²) in [6, 6.07) is 17.9. The molecule has 4 N–H and O–H groups in total. The van der Waals surface area contributed by atoms with Gasteiger partial charge in [-0.25, -0.2) is 18.2 Å². The molecule has 2 aromatic heterocycles. The quantitative estimate of drug-likeness (QED) is 0.274. The van der Waals surface area contributed by atoms with E-state index in [9.17, 15) is 18.0 Å². The molecule has 3 amide bonds. The summed E-state index contributed by atoms with van der Waals surface area (Å²) in [7, 11) is -3.72. The number of hydrogen-bond donors (Lipinski definition) is 4. The highest BCUT2D eigenvalue weighted by Crippen LogP contribution is 2.30. The van der Waals surface area contributed by atoms with Gasteiger partial charge in [0.2, 0.25) is 15.9 Å². The number of carbonyl (C=O) groups excluding carboxylic acids is 2. The molecule has 2 unspecified atom stereocenters. The molecule has 1 saturated heterocycles. The number of nitrogens with zero attached hydrogens (tertiary/aromatic N) is 2. The van der Waals surface area contributed by atoms with Crippen molar-refractivity contribution in [3.63, 3.8) is 0 Å². The fraction of sp³-hybridized carbons (Fsp3) is 0.259. The second-order valence-electron chi connectivity index (χ2n) is 9.48. The summed E-state index contributed by atoms with van der Waals surface area (Å²) in [5.74, 6) is 0.0753. The van der Waals surface area contributed by atoms with Crippen LogP contribution in [0.5, 0.6) is 0 Å². The smallest absolute Gasteiger partial charge is 0.315 e. The minimum atomic E-state index is -3.72. The van der Waals surface area contributed by atoms with Crippen LogP contribution in [0.4, 0.5) is 4.79 Å². The first-order chi connectivity index (χ1) is 18.3. The van der Waals surface area contributed by atoms with Gasteiger partial charge < -0.3 is 15.6 Å². The van der Waals surface area contributed by atoms with Crippen molar-refractivity contribution in [2.45, 2.75) is 43.5 Å². The number of amides is 3. The molecule has 11 heteroatoms. The molecule has 1 aliphatic rings. The van der Waals surface area contributed by atoms with E-state index in [2.05, 4.69) is 25.6 Å². The van der Waals surface area contributed by atoms with Crippen molar-refractivity contribution in [3.05, 3.63) is 95.6 Å². The van der Waals surface area contributed by atoms with Gasteiger partial charge in [0.05, 0.1) is 29.7 Å². The highest BCUT2D eigenvalue weighted by Gasteiger charge is 2.37. The zero-order valence-electron chi connectivity index (χ0n) is 20.7. The summed E-state index contributed by atoms with van der Waals surface area (Å²) in [5, 5.41) is 5.13. The predicted molar refractivity (Wildman–Crippen MR) is 142 cm³/mol. The predicted octanol–water partition coefficient (Wildman–Crippen LogP) is 3.06. The van der Waals surface area contributed by atoms with Gasteiger partial charge in [0.25, 0.3) is 0 Å². The summed E-state index contributed by atoms with van der Waals surface area (Å²) in [5.41, 5.74) is 4.02. The Kier molecular flexibility index (Phi) is 7.10. The fourth-order valence-corrected chi connectivity index (χ4v) is 6.08. The first-order valence-corrected chi connectivity index (χ1v) is 13.9. The lowest BCUT2D eigenvalue weighted by Gasteiger charge is -2.20. The van der Waals surface area contributed by atoms with Crippen LogP contribution in [-0.4, -0.2) is 41.3 Å². The maximum atomic E-state index is 13.0. The zero-order chi connectivity index (χ0) is 26.7. The van der Waals surface area contributed by atoms with Crippen LogP contribution in [0.3, 0.4) is 0 Å². The summed E-state index contributed by atoms with van der Waals surface area (Å²) >= 11 is 0. The molecule has 38 heavy (non-hydrogen) atoms. The lowest BCUT2D eigenvalue weighted by molar-refractivity contribution is -0.118. The molecule has 0 spiro atoms. The molecule has 1 fully saturated rings. The molecule has 4 aromatic rings. The van der Waals surface area contributed by atoms with Crippen molar-refractivity contribution in [2.24, 2.45) is 0 Å². The molecule has 2 aromatic carbocycles. The van der Waals surface area contributed by atoms with Gasteiger partial charge in [0, 0.05) is 12.2 Å². The lowest BCUT2D eigenvalue weighted by atomic mass is 10.0. The third-order valence-corrected chi connectivity index (χ3v) is 8.19. The number of imidazole rings is 1. The summed E-state index contributed by atoms with van der Waals surface area (Å²) in [6.07, 6.45) is 4.33. The van der Waals surface area contributed by atoms with Crippen molar-refractivity contribution in [2.75, 3.05) is 0 Å². The van der Waals surface area contributed by atoms with Crippen molar-refractivity contribution in [3.8, 4) is 0 Å². The number of fused-ring (bicyclic) bond motifs is 1. The molecule has 3 atom stereocenters. The molecular weight excluding hydrogens is 504 g/mol. The van der Waals surface area contributed by atoms with Crippen LogP contribution in [-0.2, 0) is 27.7 Å². The molecule has 5 rings (SSSR count). The van der Waals surface area contributed by atoms with Crippen LogP contribution < -0.4 is 15.4 Å². The highest BCUT2D eigenvalue weighted by molar-refractivity contribution is 7.90. The SMILES string of the molecule is C[C@@H](Cc1ccccc1)NC(=O)NC(Cc1ccc(C2CC(=O)NS2(=O)=O)cc1)c1nc2ccncc2[nH]1. The molecule has 0 radical (unpaired) electrons. The molecule has 196 valence electrons. The molecular formula is C27H28N6O4S. The standard InChI is InChI=1S/C27H28N6O4S/c1-17(13-18-5-3-2-4-6-18)29-27(35)32-22(26-30-21-11-12-28-16-23(21)31-26)14-19-7-9-20(10-8-19)24-15-25(34)33-38(24,36)37/h2-12,16-17,22,24H,13-15H2,1H3,(H,30,31)(H,33,34)(H2,29,32,35)/t17-,22?,24?/m0/s1. The first-order valence-electron chi connectivity index (χ1n) is 12.3. The summed E-state index contributed by atoms with van der Waals surface area (Å²) in [6.45, 7) is 1.95. The van der Waals surface area contributed by atoms with Crippen LogP contribution in [0.2, 0.25) is 0 Å². The molecule has 3 heterocycles. The normalized spacial score (nSPS) is 18.0. The third-order valence-electron chi connectivity index (χ3n) is 6.49. The van der Waals surface area contributed by atoms with Gasteiger partial charge in [-0.3, -0.25) is 14.5 Å². The van der Waals surface area contributed by atoms with Crippen LogP contribution in [0, 0.1) is 0 Å². The van der Waals surface area contributed by atoms with Crippen LogP contribution >= 0.6 is 0 Å². The van der Waals surface area contributed by atoms with Crippen LogP contribution in [0.15, 0.2) is 73.1 Å². The van der Waals surface area contributed by atoms with Gasteiger partial charge in [-0.2, -0.15) is 0 Å². The summed E-state index contributed by atoms with van der Waals surface area (Å²) in [4.78, 5) is 36.6. The van der Waals surface area contributed by atoms with Crippen molar-refractivity contribution < 1.29 is 18.0 Å². The minimum absolute atomic E-state index is 0.0955. The van der Waals surface area contributed by atoms with Crippen LogP contribution in [0.25, 0.3) is 11.0 Å². The van der Waals surface area contributed by atoms with Gasteiger partial charge in [-0.1, -0.05) is 54.6 Å². The van der Waals surface area contributed by atoms with E-state index in [-0.39, 0.29) is 18.5 Å². The van der Waals surface area contributed by atoms with Crippen molar-refractivity contribution >= 4 is 33.0 Å². The molecule has 10 nitrogen and oxygen atoms in total. The fourth-order valence-electron chi connectivity index (χ4n) is 4.65. The Bertz CT molecular complexity index is 1520. The Morgan fingerprint density at radius 2 is 1.76 bits per heavy atom. The van der Waals surface area contributed by atoms with E-state index in [0.717, 1.165) is 22.2 Å². The number of aromatic amines is 1. The molecule has 0 saturated carbocycles. The molecule has 0 bridgehead atoms. The Balaban J connectivity index is 1.33. The Hall–Kier alpha value is -4.25. The minimum Gasteiger partial charge on any atom is -0.339 e. The second-order valence-corrected chi connectivity index (χ2v) is 11.3. The van der Waals surface area contributed by atoms with Gasteiger partial charge in [0.1, 0.15) is 11.1 Å². The van der Waals surface area contributed by atoms with E-state index >= 15 is 0 Å². The Morgan fingerprint density at radius 1 is 1.03 bits per heavy atom. The third kappa shape index (κ3) is 5.83. The maximum absolute atomic E-state index is 13.0. The second kappa shape index (κ2) is 10.6. The lowest BCUT2D eigenvalue weighted by Crippen LogP contribution is -2.43. The topological polar surface area (TPSA) is 146 Å². The van der Waals surface area contributed by atoms with Gasteiger partial charge in [-0.05, 0) is 42.5 Å². The Labute approximate surface area is 220 Å². The zero-order valence-corrected chi connectivity index (χ0v) is 21.5. The molecule has 0 aliphatic carbocycles. The average Bonchev–Trinajstić information content (AvgIpc) is 3.44. The van der Waals surface area contributed by atoms with Crippen molar-refractivity contribution in [1.82, 2.24) is 30.3 Å². The Morgan fingerprint density at radius 3 is 2.45 bits per heavy atom. The highest BCUT2D eigenvalue weighted by atomic mass is 32.2. The van der Waals surface area contributed by atoms with E-state index < -0.39 is 27.2 Å². The van der Waals surface area contributed by atoms with Gasteiger partial charge >= 0.3 is 6.03 Å². The average molecular weight is 533 g/mol. The van der Waals surface area contributed by atoms with E-state index in [1.807, 2.05) is 54.1 Å². The number of urea groups is 1. The van der Waals surface area contributed by atoms with E-state index in [1.165, 1.54) is 0 Å². The van der Waals surface area contributed by atoms with Crippen molar-refractivity contribution in [1.29, 1.82) is 0 Å². The van der Waals surface area contributed by atoms with E-state index in [1.54, 1.807) is 30.6 Å². The van der Waals surface area contributed by atoms with E-state index in [4.69, 9.17) is 0 Å². The number of hydrogen-bond acceptors (Lipinski definition) is 6. The number of pyridine rings is 1. The number of H-pyrrole nitrogens is 1. The maximum Gasteiger partial charge on any atom is 0.315 e. The largest absolute Gasteiger partial charge is 0.339 e. The van der Waals surface area contributed by atoms with Crippen LogP contribution in [0.1, 0.15) is 47.2 Å². The number of nitrogens with one attached hydrogen (secondary N) is 4. The number of rotatable bonds is 8. The number of sulfonamides is 1. The summed E-state index contributed by atoms with van der Waals surface area (Å²) < 4.78 is 26.5. The number of aromatic nitrogens is 3. The van der Waals surface area contributed by atoms with Gasteiger partial charge in [0.15, 0.2) is 0 Å². The first kappa shape index (κ1) is 25.4. The van der Waals surface area contributed by atoms with Gasteiger partial charge in [-0.15, -0.1) is 0 Å². The molecule has 1 aliphatic heterocycles. The number of carbonyl (C=O) groups is 2. The number of benzene rings is 2.